The Morgan fingerprint density at radius 2 is 1.50 bits per heavy atom. The van der Waals surface area contributed by atoms with Crippen molar-refractivity contribution >= 4 is 21.6 Å². The summed E-state index contributed by atoms with van der Waals surface area (Å²) in [6.45, 7) is 3.80. The van der Waals surface area contributed by atoms with Crippen LogP contribution in [0.2, 0.25) is 0 Å². The number of para-hydroxylation sites is 1. The van der Waals surface area contributed by atoms with Gasteiger partial charge in [-0.1, -0.05) is 62.4 Å². The third kappa shape index (κ3) is 4.85. The first kappa shape index (κ1) is 20.0. The summed E-state index contributed by atoms with van der Waals surface area (Å²) in [6.07, 6.45) is 2.22. The van der Waals surface area contributed by atoms with E-state index in [0.29, 0.717) is 12.1 Å². The molecule has 0 unspecified atom stereocenters. The highest BCUT2D eigenvalue weighted by Gasteiger charge is 2.32. The molecule has 6 heteroatoms. The SMILES string of the molecule is CC[C@H](C(=O)N[C@H](CC)c1ccccc1)N(c1ccccc1)S(C)(=O)=O. The molecule has 0 heterocycles. The number of anilines is 1. The average Bonchev–Trinajstić information content (AvgIpc) is 2.64. The number of nitrogens with one attached hydrogen (secondary N) is 1. The van der Waals surface area contributed by atoms with Crippen molar-refractivity contribution in [2.24, 2.45) is 0 Å². The van der Waals surface area contributed by atoms with Crippen LogP contribution in [0.3, 0.4) is 0 Å². The van der Waals surface area contributed by atoms with Gasteiger partial charge >= 0.3 is 0 Å². The molecule has 26 heavy (non-hydrogen) atoms. The monoisotopic (exact) mass is 374 g/mol. The lowest BCUT2D eigenvalue weighted by Gasteiger charge is -2.31. The molecule has 0 aromatic heterocycles. The third-order valence-corrected chi connectivity index (χ3v) is 5.45. The van der Waals surface area contributed by atoms with Crippen LogP contribution in [-0.2, 0) is 14.8 Å². The summed E-state index contributed by atoms with van der Waals surface area (Å²) in [7, 11) is -3.61. The molecule has 0 saturated heterocycles. The zero-order valence-electron chi connectivity index (χ0n) is 15.4. The van der Waals surface area contributed by atoms with Crippen molar-refractivity contribution in [1.82, 2.24) is 5.32 Å². The first-order valence-corrected chi connectivity index (χ1v) is 10.6. The zero-order chi connectivity index (χ0) is 19.2. The van der Waals surface area contributed by atoms with Gasteiger partial charge < -0.3 is 5.32 Å². The standard InChI is InChI=1S/C20H26N2O3S/c1-4-18(16-12-8-6-9-13-16)21-20(23)19(5-2)22(26(3,24)25)17-14-10-7-11-15-17/h6-15,18-19H,4-5H2,1-3H3,(H,21,23)/t18-,19-/m1/s1. The second kappa shape index (κ2) is 8.85. The summed E-state index contributed by atoms with van der Waals surface area (Å²) in [4.78, 5) is 13.0. The molecule has 2 atom stereocenters. The second-order valence-electron chi connectivity index (χ2n) is 6.20. The Labute approximate surface area is 156 Å². The highest BCUT2D eigenvalue weighted by molar-refractivity contribution is 7.92. The number of carbonyl (C=O) groups is 1. The van der Waals surface area contributed by atoms with E-state index in [2.05, 4.69) is 5.32 Å². The van der Waals surface area contributed by atoms with Crippen molar-refractivity contribution in [1.29, 1.82) is 0 Å². The third-order valence-electron chi connectivity index (χ3n) is 4.27. The smallest absolute Gasteiger partial charge is 0.244 e. The van der Waals surface area contributed by atoms with Gasteiger partial charge in [-0.05, 0) is 30.5 Å². The Morgan fingerprint density at radius 1 is 0.962 bits per heavy atom. The summed E-state index contributed by atoms with van der Waals surface area (Å²) in [6, 6.07) is 17.5. The number of rotatable bonds is 8. The maximum Gasteiger partial charge on any atom is 0.244 e. The van der Waals surface area contributed by atoms with E-state index < -0.39 is 16.1 Å². The van der Waals surface area contributed by atoms with Crippen molar-refractivity contribution in [2.45, 2.75) is 38.8 Å². The number of carbonyl (C=O) groups excluding carboxylic acids is 1. The topological polar surface area (TPSA) is 66.5 Å². The Morgan fingerprint density at radius 3 is 1.96 bits per heavy atom. The fourth-order valence-electron chi connectivity index (χ4n) is 3.01. The minimum absolute atomic E-state index is 0.157. The molecule has 0 bridgehead atoms. The molecule has 0 aliphatic rings. The molecule has 0 aliphatic carbocycles. The van der Waals surface area contributed by atoms with E-state index in [0.717, 1.165) is 18.2 Å². The zero-order valence-corrected chi connectivity index (χ0v) is 16.2. The molecular weight excluding hydrogens is 348 g/mol. The predicted octanol–water partition coefficient (Wildman–Crippen LogP) is 3.50. The highest BCUT2D eigenvalue weighted by atomic mass is 32.2. The predicted molar refractivity (Wildman–Crippen MR) is 105 cm³/mol. The van der Waals surface area contributed by atoms with Gasteiger partial charge in [0.25, 0.3) is 0 Å². The minimum Gasteiger partial charge on any atom is -0.347 e. The molecule has 0 saturated carbocycles. The number of amides is 1. The van der Waals surface area contributed by atoms with Gasteiger partial charge in [-0.3, -0.25) is 9.10 Å². The van der Waals surface area contributed by atoms with Crippen LogP contribution in [0.1, 0.15) is 38.3 Å². The maximum absolute atomic E-state index is 13.0. The second-order valence-corrected chi connectivity index (χ2v) is 8.06. The first-order chi connectivity index (χ1) is 12.4. The highest BCUT2D eigenvalue weighted by Crippen LogP contribution is 2.23. The molecule has 0 fully saturated rings. The van der Waals surface area contributed by atoms with Crippen LogP contribution in [0.4, 0.5) is 5.69 Å². The van der Waals surface area contributed by atoms with Crippen LogP contribution in [0.15, 0.2) is 60.7 Å². The van der Waals surface area contributed by atoms with E-state index >= 15 is 0 Å². The molecule has 0 radical (unpaired) electrons. The van der Waals surface area contributed by atoms with Crippen LogP contribution < -0.4 is 9.62 Å². The van der Waals surface area contributed by atoms with Crippen LogP contribution in [0.25, 0.3) is 0 Å². The quantitative estimate of drug-likeness (QED) is 0.769. The largest absolute Gasteiger partial charge is 0.347 e. The van der Waals surface area contributed by atoms with Crippen LogP contribution in [0.5, 0.6) is 0 Å². The molecule has 2 rings (SSSR count). The molecule has 5 nitrogen and oxygen atoms in total. The Hall–Kier alpha value is -2.34. The van der Waals surface area contributed by atoms with Gasteiger partial charge in [-0.25, -0.2) is 8.42 Å². The van der Waals surface area contributed by atoms with E-state index in [-0.39, 0.29) is 11.9 Å². The Balaban J connectivity index is 2.31. The van der Waals surface area contributed by atoms with Crippen molar-refractivity contribution in [2.75, 3.05) is 10.6 Å². The summed E-state index contributed by atoms with van der Waals surface area (Å²) >= 11 is 0. The van der Waals surface area contributed by atoms with E-state index in [1.807, 2.05) is 50.2 Å². The van der Waals surface area contributed by atoms with Gasteiger partial charge in [0, 0.05) is 0 Å². The van der Waals surface area contributed by atoms with E-state index in [1.165, 1.54) is 4.31 Å². The fraction of sp³-hybridized carbons (Fsp3) is 0.350. The van der Waals surface area contributed by atoms with Gasteiger partial charge in [-0.15, -0.1) is 0 Å². The lowest BCUT2D eigenvalue weighted by molar-refractivity contribution is -0.123. The van der Waals surface area contributed by atoms with Crippen LogP contribution in [-0.4, -0.2) is 26.6 Å². The molecule has 140 valence electrons. The number of sulfonamides is 1. The molecule has 1 amide bonds. The number of nitrogens with zero attached hydrogens (tertiary/aromatic N) is 1. The molecule has 0 spiro atoms. The van der Waals surface area contributed by atoms with Gasteiger partial charge in [0.2, 0.25) is 15.9 Å². The Bertz CT molecular complexity index is 807. The van der Waals surface area contributed by atoms with Crippen LogP contribution in [0, 0.1) is 0 Å². The van der Waals surface area contributed by atoms with Crippen molar-refractivity contribution in [3.8, 4) is 0 Å². The van der Waals surface area contributed by atoms with E-state index in [9.17, 15) is 13.2 Å². The van der Waals surface area contributed by atoms with Gasteiger partial charge in [0.05, 0.1) is 18.0 Å². The number of hydrogen-bond donors (Lipinski definition) is 1. The summed E-state index contributed by atoms with van der Waals surface area (Å²) in [5.41, 5.74) is 1.49. The molecule has 2 aromatic rings. The molecular formula is C20H26N2O3S. The van der Waals surface area contributed by atoms with E-state index in [4.69, 9.17) is 0 Å². The van der Waals surface area contributed by atoms with Crippen molar-refractivity contribution in [3.63, 3.8) is 0 Å². The summed E-state index contributed by atoms with van der Waals surface area (Å²) in [5, 5.41) is 3.01. The van der Waals surface area contributed by atoms with Crippen molar-refractivity contribution < 1.29 is 13.2 Å². The van der Waals surface area contributed by atoms with Gasteiger partial charge in [0.1, 0.15) is 6.04 Å². The first-order valence-electron chi connectivity index (χ1n) is 8.78. The van der Waals surface area contributed by atoms with Gasteiger partial charge in [0.15, 0.2) is 0 Å². The summed E-state index contributed by atoms with van der Waals surface area (Å²) in [5.74, 6) is -0.294. The van der Waals surface area contributed by atoms with Gasteiger partial charge in [-0.2, -0.15) is 0 Å². The maximum atomic E-state index is 13.0. The minimum atomic E-state index is -3.61. The average molecular weight is 375 g/mol. The molecule has 1 N–H and O–H groups in total. The molecule has 0 aliphatic heterocycles. The van der Waals surface area contributed by atoms with Crippen molar-refractivity contribution in [3.05, 3.63) is 66.2 Å². The number of benzene rings is 2. The lowest BCUT2D eigenvalue weighted by atomic mass is 10.0. The lowest BCUT2D eigenvalue weighted by Crippen LogP contribution is -2.50. The fourth-order valence-corrected chi connectivity index (χ4v) is 4.22. The summed E-state index contributed by atoms with van der Waals surface area (Å²) < 4.78 is 26.0. The Kier molecular flexibility index (Phi) is 6.80. The van der Waals surface area contributed by atoms with Crippen LogP contribution >= 0.6 is 0 Å². The molecule has 2 aromatic carbocycles. The normalized spacial score (nSPS) is 13.7. The van der Waals surface area contributed by atoms with E-state index in [1.54, 1.807) is 24.3 Å². The number of hydrogen-bond acceptors (Lipinski definition) is 3.